The standard InChI is InChI=1S/C17H23N3O5/c1-13(12-21)18-7-9-19(10-8-18)15-5-3-14(4-6-17(22)25-2)11-16(15)20(23)24/h3-6,11,13,21H,7-10,12H2,1-2H3/b6-4+/t13-/m0/s1. The van der Waals surface area contributed by atoms with Gasteiger partial charge in [-0.3, -0.25) is 15.0 Å². The van der Waals surface area contributed by atoms with Crippen molar-refractivity contribution in [2.75, 3.05) is 44.8 Å². The maximum atomic E-state index is 11.4. The van der Waals surface area contributed by atoms with Gasteiger partial charge in [-0.05, 0) is 24.6 Å². The second-order valence-electron chi connectivity index (χ2n) is 5.92. The smallest absolute Gasteiger partial charge is 0.330 e. The molecular formula is C17H23N3O5. The van der Waals surface area contributed by atoms with Crippen LogP contribution in [0.1, 0.15) is 12.5 Å². The number of nitro groups is 1. The number of nitrogens with zero attached hydrogens (tertiary/aromatic N) is 3. The molecule has 2 rings (SSSR count). The number of hydrogen-bond donors (Lipinski definition) is 1. The van der Waals surface area contributed by atoms with E-state index in [4.69, 9.17) is 0 Å². The highest BCUT2D eigenvalue weighted by molar-refractivity contribution is 5.87. The van der Waals surface area contributed by atoms with Gasteiger partial charge in [-0.1, -0.05) is 6.07 Å². The molecule has 0 bridgehead atoms. The zero-order valence-electron chi connectivity index (χ0n) is 14.4. The molecule has 1 saturated heterocycles. The summed E-state index contributed by atoms with van der Waals surface area (Å²) in [5.41, 5.74) is 1.14. The minimum Gasteiger partial charge on any atom is -0.466 e. The molecule has 0 unspecified atom stereocenters. The number of aliphatic hydroxyl groups is 1. The van der Waals surface area contributed by atoms with E-state index in [9.17, 15) is 20.0 Å². The lowest BCUT2D eigenvalue weighted by atomic mass is 10.1. The number of hydrogen-bond acceptors (Lipinski definition) is 7. The average molecular weight is 349 g/mol. The predicted molar refractivity (Wildman–Crippen MR) is 94.5 cm³/mol. The molecule has 1 aromatic carbocycles. The molecule has 1 heterocycles. The Bertz CT molecular complexity index is 654. The largest absolute Gasteiger partial charge is 0.466 e. The molecule has 0 saturated carbocycles. The fraction of sp³-hybridized carbons (Fsp3) is 0.471. The van der Waals surface area contributed by atoms with Crippen LogP contribution in [0.3, 0.4) is 0 Å². The Kier molecular flexibility index (Phi) is 6.49. The Balaban J connectivity index is 2.17. The van der Waals surface area contributed by atoms with E-state index in [2.05, 4.69) is 9.64 Å². The van der Waals surface area contributed by atoms with E-state index >= 15 is 0 Å². The molecule has 8 heteroatoms. The van der Waals surface area contributed by atoms with Gasteiger partial charge in [-0.25, -0.2) is 4.79 Å². The van der Waals surface area contributed by atoms with Gasteiger partial charge in [0.25, 0.3) is 5.69 Å². The third kappa shape index (κ3) is 4.77. The van der Waals surface area contributed by atoms with Gasteiger partial charge in [0.2, 0.25) is 0 Å². The summed E-state index contributed by atoms with van der Waals surface area (Å²) in [6.45, 7) is 4.85. The minimum atomic E-state index is -0.513. The molecule has 0 amide bonds. The Labute approximate surface area is 146 Å². The summed E-state index contributed by atoms with van der Waals surface area (Å²) in [6, 6.07) is 4.99. The molecular weight excluding hydrogens is 326 g/mol. The maximum Gasteiger partial charge on any atom is 0.330 e. The quantitative estimate of drug-likeness (QED) is 0.358. The molecule has 0 aromatic heterocycles. The van der Waals surface area contributed by atoms with Crippen LogP contribution in [-0.2, 0) is 9.53 Å². The Morgan fingerprint density at radius 1 is 1.40 bits per heavy atom. The Morgan fingerprint density at radius 2 is 2.08 bits per heavy atom. The lowest BCUT2D eigenvalue weighted by Gasteiger charge is -2.38. The summed E-state index contributed by atoms with van der Waals surface area (Å²) in [7, 11) is 1.27. The van der Waals surface area contributed by atoms with Crippen molar-refractivity contribution >= 4 is 23.4 Å². The third-order valence-electron chi connectivity index (χ3n) is 4.35. The van der Waals surface area contributed by atoms with Crippen LogP contribution in [-0.4, -0.2) is 66.8 Å². The van der Waals surface area contributed by atoms with E-state index in [1.54, 1.807) is 12.1 Å². The van der Waals surface area contributed by atoms with Gasteiger partial charge in [-0.15, -0.1) is 0 Å². The number of methoxy groups -OCH3 is 1. The zero-order chi connectivity index (χ0) is 18.4. The number of anilines is 1. The van der Waals surface area contributed by atoms with Crippen molar-refractivity contribution in [3.05, 3.63) is 40.0 Å². The number of piperazine rings is 1. The van der Waals surface area contributed by atoms with Gasteiger partial charge in [0.15, 0.2) is 0 Å². The van der Waals surface area contributed by atoms with Crippen LogP contribution < -0.4 is 4.90 Å². The van der Waals surface area contributed by atoms with Crippen molar-refractivity contribution in [2.45, 2.75) is 13.0 Å². The number of aliphatic hydroxyl groups excluding tert-OH is 1. The number of carbonyl (C=O) groups excluding carboxylic acids is 1. The van der Waals surface area contributed by atoms with Gasteiger partial charge in [0.05, 0.1) is 18.6 Å². The minimum absolute atomic E-state index is 0.00988. The normalized spacial score (nSPS) is 16.8. The van der Waals surface area contributed by atoms with E-state index in [1.807, 2.05) is 11.8 Å². The molecule has 0 aliphatic carbocycles. The van der Waals surface area contributed by atoms with Crippen molar-refractivity contribution in [2.24, 2.45) is 0 Å². The lowest BCUT2D eigenvalue weighted by Crippen LogP contribution is -2.50. The molecule has 0 radical (unpaired) electrons. The average Bonchev–Trinajstić information content (AvgIpc) is 2.65. The first-order valence-electron chi connectivity index (χ1n) is 8.10. The van der Waals surface area contributed by atoms with Gasteiger partial charge in [0, 0.05) is 44.4 Å². The van der Waals surface area contributed by atoms with E-state index in [-0.39, 0.29) is 18.3 Å². The van der Waals surface area contributed by atoms with Crippen molar-refractivity contribution in [1.29, 1.82) is 0 Å². The van der Waals surface area contributed by atoms with Crippen molar-refractivity contribution in [3.63, 3.8) is 0 Å². The first-order chi connectivity index (χ1) is 12.0. The lowest BCUT2D eigenvalue weighted by molar-refractivity contribution is -0.384. The highest BCUT2D eigenvalue weighted by Gasteiger charge is 2.25. The third-order valence-corrected chi connectivity index (χ3v) is 4.35. The second-order valence-corrected chi connectivity index (χ2v) is 5.92. The topological polar surface area (TPSA) is 96.2 Å². The fourth-order valence-electron chi connectivity index (χ4n) is 2.81. The molecule has 136 valence electrons. The molecule has 25 heavy (non-hydrogen) atoms. The van der Waals surface area contributed by atoms with Crippen LogP contribution >= 0.6 is 0 Å². The number of benzene rings is 1. The van der Waals surface area contributed by atoms with Crippen LogP contribution in [0.4, 0.5) is 11.4 Å². The van der Waals surface area contributed by atoms with Crippen LogP contribution in [0.2, 0.25) is 0 Å². The molecule has 1 aliphatic heterocycles. The summed E-state index contributed by atoms with van der Waals surface area (Å²) in [6.07, 6.45) is 2.72. The second kappa shape index (κ2) is 8.59. The summed E-state index contributed by atoms with van der Waals surface area (Å²) in [5, 5.41) is 20.7. The number of ether oxygens (including phenoxy) is 1. The molecule has 1 fully saturated rings. The van der Waals surface area contributed by atoms with Crippen molar-refractivity contribution < 1.29 is 19.6 Å². The molecule has 1 aromatic rings. The van der Waals surface area contributed by atoms with Gasteiger partial charge < -0.3 is 14.7 Å². The molecule has 8 nitrogen and oxygen atoms in total. The first kappa shape index (κ1) is 18.9. The first-order valence-corrected chi connectivity index (χ1v) is 8.10. The number of nitro benzene ring substituents is 1. The van der Waals surface area contributed by atoms with Crippen LogP contribution in [0.5, 0.6) is 0 Å². The number of carbonyl (C=O) groups is 1. The van der Waals surface area contributed by atoms with E-state index in [1.165, 1.54) is 25.3 Å². The Hall–Kier alpha value is -2.45. The molecule has 0 spiro atoms. The molecule has 1 N–H and O–H groups in total. The molecule has 1 atom stereocenters. The zero-order valence-corrected chi connectivity index (χ0v) is 14.4. The Morgan fingerprint density at radius 3 is 2.64 bits per heavy atom. The van der Waals surface area contributed by atoms with Crippen molar-refractivity contribution in [1.82, 2.24) is 4.90 Å². The van der Waals surface area contributed by atoms with E-state index in [0.29, 0.717) is 24.3 Å². The van der Waals surface area contributed by atoms with Crippen molar-refractivity contribution in [3.8, 4) is 0 Å². The summed E-state index contributed by atoms with van der Waals surface area (Å²) in [4.78, 5) is 26.3. The monoisotopic (exact) mass is 349 g/mol. The van der Waals surface area contributed by atoms with E-state index < -0.39 is 10.9 Å². The van der Waals surface area contributed by atoms with Gasteiger partial charge >= 0.3 is 5.97 Å². The highest BCUT2D eigenvalue weighted by Crippen LogP contribution is 2.30. The number of rotatable bonds is 6. The van der Waals surface area contributed by atoms with E-state index in [0.717, 1.165) is 13.1 Å². The van der Waals surface area contributed by atoms with Crippen LogP contribution in [0.25, 0.3) is 6.08 Å². The van der Waals surface area contributed by atoms with Crippen LogP contribution in [0, 0.1) is 10.1 Å². The fourth-order valence-corrected chi connectivity index (χ4v) is 2.81. The summed E-state index contributed by atoms with van der Waals surface area (Å²) >= 11 is 0. The summed E-state index contributed by atoms with van der Waals surface area (Å²) < 4.78 is 4.52. The molecule has 1 aliphatic rings. The van der Waals surface area contributed by atoms with Crippen LogP contribution in [0.15, 0.2) is 24.3 Å². The highest BCUT2D eigenvalue weighted by atomic mass is 16.6. The van der Waals surface area contributed by atoms with Gasteiger partial charge in [-0.2, -0.15) is 0 Å². The number of esters is 1. The SMILES string of the molecule is COC(=O)/C=C/c1ccc(N2CCN([C@@H](C)CO)CC2)c([N+](=O)[O-])c1. The maximum absolute atomic E-state index is 11.4. The summed E-state index contributed by atoms with van der Waals surface area (Å²) in [5.74, 6) is -0.513. The predicted octanol–water partition coefficient (Wildman–Crippen LogP) is 1.28. The van der Waals surface area contributed by atoms with Gasteiger partial charge in [0.1, 0.15) is 5.69 Å².